The molecule has 0 unspecified atom stereocenters. The number of benzene rings is 1. The predicted octanol–water partition coefficient (Wildman–Crippen LogP) is 1.54. The number of carbonyl (C=O) groups excluding carboxylic acids is 1. The third-order valence-corrected chi connectivity index (χ3v) is 1.65. The van der Waals surface area contributed by atoms with Crippen LogP contribution >= 0.6 is 0 Å². The number of carboxylic acids is 1. The van der Waals surface area contributed by atoms with Crippen molar-refractivity contribution in [2.75, 3.05) is 0 Å². The highest BCUT2D eigenvalue weighted by atomic mass is 16.4. The molecule has 1 rings (SSSR count). The van der Waals surface area contributed by atoms with Gasteiger partial charge in [0.05, 0.1) is 5.56 Å². The fourth-order valence-electron chi connectivity index (χ4n) is 0.900. The van der Waals surface area contributed by atoms with Crippen LogP contribution < -0.4 is 0 Å². The van der Waals surface area contributed by atoms with Crippen molar-refractivity contribution in [3.8, 4) is 0 Å². The SMILES string of the molecule is Cc1ccc(C(=O)O)cc1C=O.N#N. The van der Waals surface area contributed by atoms with E-state index in [1.807, 2.05) is 0 Å². The van der Waals surface area contributed by atoms with Crippen molar-refractivity contribution in [1.29, 1.82) is 10.8 Å². The molecule has 1 aromatic rings. The summed E-state index contributed by atoms with van der Waals surface area (Å²) in [6, 6.07) is 4.46. The zero-order valence-electron chi connectivity index (χ0n) is 7.47. The van der Waals surface area contributed by atoms with Crippen molar-refractivity contribution in [3.63, 3.8) is 0 Å². The van der Waals surface area contributed by atoms with Gasteiger partial charge in [0, 0.05) is 16.3 Å². The summed E-state index contributed by atoms with van der Waals surface area (Å²) in [4.78, 5) is 20.9. The lowest BCUT2D eigenvalue weighted by molar-refractivity contribution is 0.0697. The van der Waals surface area contributed by atoms with Gasteiger partial charge >= 0.3 is 5.97 Å². The predicted molar refractivity (Wildman–Crippen MR) is 47.0 cm³/mol. The Morgan fingerprint density at radius 1 is 1.43 bits per heavy atom. The number of hydrogen-bond donors (Lipinski definition) is 1. The fraction of sp³-hybridized carbons (Fsp3) is 0.111. The summed E-state index contributed by atoms with van der Waals surface area (Å²) in [6.45, 7) is 1.76. The molecule has 5 nitrogen and oxygen atoms in total. The molecule has 0 aromatic heterocycles. The average molecular weight is 192 g/mol. The molecule has 0 radical (unpaired) electrons. The Bertz CT molecular complexity index is 372. The molecular formula is C9H8N2O3. The van der Waals surface area contributed by atoms with Crippen molar-refractivity contribution in [1.82, 2.24) is 0 Å². The van der Waals surface area contributed by atoms with Crippen LogP contribution in [0, 0.1) is 17.7 Å². The second-order valence-corrected chi connectivity index (χ2v) is 2.49. The van der Waals surface area contributed by atoms with E-state index in [9.17, 15) is 9.59 Å². The molecule has 5 heteroatoms. The Morgan fingerprint density at radius 3 is 2.43 bits per heavy atom. The van der Waals surface area contributed by atoms with Gasteiger partial charge in [-0.3, -0.25) is 4.79 Å². The van der Waals surface area contributed by atoms with Gasteiger partial charge in [0.1, 0.15) is 6.29 Å². The van der Waals surface area contributed by atoms with Crippen LogP contribution in [0.25, 0.3) is 0 Å². The van der Waals surface area contributed by atoms with Gasteiger partial charge in [0.15, 0.2) is 0 Å². The molecule has 0 amide bonds. The highest BCUT2D eigenvalue weighted by Gasteiger charge is 2.04. The van der Waals surface area contributed by atoms with E-state index in [0.717, 1.165) is 5.56 Å². The van der Waals surface area contributed by atoms with Gasteiger partial charge in [0.25, 0.3) is 0 Å². The van der Waals surface area contributed by atoms with Crippen molar-refractivity contribution in [2.24, 2.45) is 0 Å². The van der Waals surface area contributed by atoms with Crippen LogP contribution in [-0.2, 0) is 0 Å². The van der Waals surface area contributed by atoms with Gasteiger partial charge in [0.2, 0.25) is 0 Å². The second-order valence-electron chi connectivity index (χ2n) is 2.49. The molecule has 0 saturated heterocycles. The van der Waals surface area contributed by atoms with Gasteiger partial charge in [-0.25, -0.2) is 4.79 Å². The van der Waals surface area contributed by atoms with E-state index in [2.05, 4.69) is 0 Å². The topological polar surface area (TPSA) is 102 Å². The molecular weight excluding hydrogens is 184 g/mol. The van der Waals surface area contributed by atoms with Crippen molar-refractivity contribution in [2.45, 2.75) is 6.92 Å². The van der Waals surface area contributed by atoms with E-state index in [1.165, 1.54) is 12.1 Å². The lowest BCUT2D eigenvalue weighted by Gasteiger charge is -1.98. The van der Waals surface area contributed by atoms with Crippen LogP contribution in [0.1, 0.15) is 26.3 Å². The zero-order valence-corrected chi connectivity index (χ0v) is 7.47. The minimum Gasteiger partial charge on any atom is -0.478 e. The summed E-state index contributed by atoms with van der Waals surface area (Å²) >= 11 is 0. The molecule has 1 N–H and O–H groups in total. The molecule has 0 spiro atoms. The van der Waals surface area contributed by atoms with E-state index in [-0.39, 0.29) is 5.56 Å². The van der Waals surface area contributed by atoms with Crippen LogP contribution in [0.3, 0.4) is 0 Å². The van der Waals surface area contributed by atoms with Gasteiger partial charge in [-0.1, -0.05) is 6.07 Å². The number of rotatable bonds is 2. The Hall–Kier alpha value is -2.22. The van der Waals surface area contributed by atoms with Crippen molar-refractivity contribution in [3.05, 3.63) is 34.9 Å². The number of aromatic carboxylic acids is 1. The number of carbonyl (C=O) groups is 2. The second kappa shape index (κ2) is 5.43. The Morgan fingerprint density at radius 2 is 2.00 bits per heavy atom. The highest BCUT2D eigenvalue weighted by molar-refractivity contribution is 5.90. The maximum Gasteiger partial charge on any atom is 0.335 e. The Kier molecular flexibility index (Phi) is 4.57. The first-order valence-corrected chi connectivity index (χ1v) is 3.64. The standard InChI is InChI=1S/C9H8O3.N2/c1-6-2-3-7(9(11)12)4-8(6)5-10;1-2/h2-5H,1H3,(H,11,12);. The van der Waals surface area contributed by atoms with Crippen LogP contribution in [-0.4, -0.2) is 17.4 Å². The van der Waals surface area contributed by atoms with Gasteiger partial charge in [-0.05, 0) is 24.6 Å². The van der Waals surface area contributed by atoms with Crippen LogP contribution in [0.4, 0.5) is 0 Å². The summed E-state index contributed by atoms with van der Waals surface area (Å²) in [5.41, 5.74) is 1.35. The van der Waals surface area contributed by atoms with E-state index in [0.29, 0.717) is 11.8 Å². The van der Waals surface area contributed by atoms with Gasteiger partial charge in [-0.15, -0.1) is 0 Å². The Labute approximate surface area is 80.4 Å². The Balaban J connectivity index is 0.000000791. The fourth-order valence-corrected chi connectivity index (χ4v) is 0.900. The summed E-state index contributed by atoms with van der Waals surface area (Å²) in [5, 5.41) is 20.6. The van der Waals surface area contributed by atoms with Crippen molar-refractivity contribution >= 4 is 12.3 Å². The molecule has 0 fully saturated rings. The monoisotopic (exact) mass is 192 g/mol. The molecule has 72 valence electrons. The third-order valence-electron chi connectivity index (χ3n) is 1.65. The van der Waals surface area contributed by atoms with Gasteiger partial charge in [-0.2, -0.15) is 0 Å². The largest absolute Gasteiger partial charge is 0.478 e. The first-order chi connectivity index (χ1) is 6.65. The maximum absolute atomic E-state index is 10.5. The lowest BCUT2D eigenvalue weighted by atomic mass is 10.1. The number of aryl methyl sites for hydroxylation is 1. The quantitative estimate of drug-likeness (QED) is 0.565. The van der Waals surface area contributed by atoms with E-state index < -0.39 is 5.97 Å². The molecule has 0 aliphatic rings. The van der Waals surface area contributed by atoms with Crippen LogP contribution in [0.15, 0.2) is 18.2 Å². The molecule has 0 atom stereocenters. The third kappa shape index (κ3) is 2.68. The summed E-state index contributed by atoms with van der Waals surface area (Å²) in [7, 11) is 0. The lowest BCUT2D eigenvalue weighted by Crippen LogP contribution is -1.98. The number of carboxylic acid groups (broad SMARTS) is 1. The van der Waals surface area contributed by atoms with Gasteiger partial charge < -0.3 is 5.11 Å². The number of hydrogen-bond acceptors (Lipinski definition) is 4. The van der Waals surface area contributed by atoms with E-state index in [4.69, 9.17) is 15.9 Å². The summed E-state index contributed by atoms with van der Waals surface area (Å²) < 4.78 is 0. The number of aldehydes is 1. The summed E-state index contributed by atoms with van der Waals surface area (Å²) in [6.07, 6.45) is 0.655. The molecule has 0 heterocycles. The molecule has 0 aliphatic heterocycles. The first kappa shape index (κ1) is 11.8. The summed E-state index contributed by atoms with van der Waals surface area (Å²) in [5.74, 6) is -1.02. The van der Waals surface area contributed by atoms with E-state index >= 15 is 0 Å². The molecule has 0 aliphatic carbocycles. The number of nitrogens with zero attached hydrogens (tertiary/aromatic N) is 2. The van der Waals surface area contributed by atoms with Crippen LogP contribution in [0.2, 0.25) is 0 Å². The minimum atomic E-state index is -1.02. The maximum atomic E-state index is 10.5. The van der Waals surface area contributed by atoms with Crippen LogP contribution in [0.5, 0.6) is 0 Å². The highest BCUT2D eigenvalue weighted by Crippen LogP contribution is 2.08. The molecule has 1 aromatic carbocycles. The van der Waals surface area contributed by atoms with Crippen molar-refractivity contribution < 1.29 is 14.7 Å². The minimum absolute atomic E-state index is 0.141. The first-order valence-electron chi connectivity index (χ1n) is 3.64. The zero-order chi connectivity index (χ0) is 11.1. The normalized spacial score (nSPS) is 8.21. The van der Waals surface area contributed by atoms with E-state index in [1.54, 1.807) is 13.0 Å². The molecule has 14 heavy (non-hydrogen) atoms. The molecule has 0 bridgehead atoms. The average Bonchev–Trinajstić information content (AvgIpc) is 2.21. The molecule has 0 saturated carbocycles. The smallest absolute Gasteiger partial charge is 0.335 e.